The molecule has 0 nitrogen and oxygen atoms in total. The Labute approximate surface area is 130 Å². The zero-order valence-corrected chi connectivity index (χ0v) is 15.0. The Hall–Kier alpha value is 0. The molecule has 0 aliphatic heterocycles. The van der Waals surface area contributed by atoms with Gasteiger partial charge in [-0.2, -0.15) is 0 Å². The molecule has 0 aromatic carbocycles. The molecule has 7 aliphatic carbocycles. The summed E-state index contributed by atoms with van der Waals surface area (Å²) in [6, 6.07) is 0. The fourth-order valence-corrected chi connectivity index (χ4v) is 11.7. The van der Waals surface area contributed by atoms with Crippen LogP contribution in [0.25, 0.3) is 0 Å². The van der Waals surface area contributed by atoms with Crippen LogP contribution in [0.2, 0.25) is 0 Å². The zero-order chi connectivity index (χ0) is 15.0. The molecule has 7 rings (SSSR count). The fraction of sp³-hybridized carbons (Fsp3) is 1.00. The first-order valence-electron chi connectivity index (χ1n) is 9.66. The maximum atomic E-state index is 2.74. The third kappa shape index (κ3) is 0.661. The van der Waals surface area contributed by atoms with Crippen LogP contribution < -0.4 is 0 Å². The monoisotopic (exact) mass is 284 g/mol. The SMILES string of the molecule is CC(C)C1C2C3C4C13CC13CC4(C)C1(C)C(C)(C2C)C3C. The van der Waals surface area contributed by atoms with Gasteiger partial charge in [-0.1, -0.05) is 48.5 Å². The van der Waals surface area contributed by atoms with Gasteiger partial charge in [0.25, 0.3) is 0 Å². The molecule has 7 saturated carbocycles. The van der Waals surface area contributed by atoms with Crippen LogP contribution in [-0.4, -0.2) is 0 Å². The van der Waals surface area contributed by atoms with Crippen molar-refractivity contribution in [3.63, 3.8) is 0 Å². The van der Waals surface area contributed by atoms with Crippen molar-refractivity contribution in [2.45, 2.75) is 61.3 Å². The van der Waals surface area contributed by atoms with Gasteiger partial charge in [0.05, 0.1) is 0 Å². The van der Waals surface area contributed by atoms with E-state index in [4.69, 9.17) is 0 Å². The van der Waals surface area contributed by atoms with Gasteiger partial charge in [-0.3, -0.25) is 0 Å². The van der Waals surface area contributed by atoms with E-state index in [-0.39, 0.29) is 0 Å². The van der Waals surface area contributed by atoms with Crippen LogP contribution in [0.4, 0.5) is 0 Å². The molecule has 11 atom stereocenters. The summed E-state index contributed by atoms with van der Waals surface area (Å²) in [7, 11) is 0. The predicted molar refractivity (Wildman–Crippen MR) is 85.5 cm³/mol. The van der Waals surface area contributed by atoms with Gasteiger partial charge in [0.15, 0.2) is 0 Å². The van der Waals surface area contributed by atoms with Crippen molar-refractivity contribution in [2.24, 2.45) is 68.5 Å². The van der Waals surface area contributed by atoms with Crippen molar-refractivity contribution in [1.82, 2.24) is 0 Å². The molecule has 4 bridgehead atoms. The Morgan fingerprint density at radius 3 is 2.29 bits per heavy atom. The number of hydrogen-bond acceptors (Lipinski definition) is 0. The van der Waals surface area contributed by atoms with E-state index in [0.717, 1.165) is 52.3 Å². The average Bonchev–Trinajstić information content (AvgIpc) is 2.97. The third-order valence-corrected chi connectivity index (χ3v) is 12.1. The first-order valence-corrected chi connectivity index (χ1v) is 9.66. The highest BCUT2D eigenvalue weighted by molar-refractivity contribution is 5.50. The molecule has 11 unspecified atom stereocenters. The van der Waals surface area contributed by atoms with Gasteiger partial charge in [0, 0.05) is 0 Å². The molecule has 116 valence electrons. The lowest BCUT2D eigenvalue weighted by Crippen LogP contribution is -2.88. The lowest BCUT2D eigenvalue weighted by Gasteiger charge is -2.93. The van der Waals surface area contributed by atoms with Gasteiger partial charge in [-0.05, 0) is 81.3 Å². The molecular formula is C21H32. The van der Waals surface area contributed by atoms with E-state index < -0.39 is 0 Å². The van der Waals surface area contributed by atoms with Gasteiger partial charge >= 0.3 is 0 Å². The highest BCUT2D eigenvalue weighted by Crippen LogP contribution is 3.07. The van der Waals surface area contributed by atoms with Crippen molar-refractivity contribution >= 4 is 0 Å². The molecule has 0 heterocycles. The molecule has 7 fully saturated rings. The average molecular weight is 284 g/mol. The third-order valence-electron chi connectivity index (χ3n) is 12.1. The summed E-state index contributed by atoms with van der Waals surface area (Å²) in [5.41, 5.74) is 3.57. The van der Waals surface area contributed by atoms with Gasteiger partial charge in [-0.25, -0.2) is 0 Å². The molecule has 0 saturated heterocycles. The summed E-state index contributed by atoms with van der Waals surface area (Å²) in [4.78, 5) is 0. The van der Waals surface area contributed by atoms with Crippen LogP contribution in [0.5, 0.6) is 0 Å². The van der Waals surface area contributed by atoms with E-state index >= 15 is 0 Å². The van der Waals surface area contributed by atoms with Gasteiger partial charge in [0.2, 0.25) is 0 Å². The largest absolute Gasteiger partial charge is 0.0625 e. The van der Waals surface area contributed by atoms with Gasteiger partial charge in [-0.15, -0.1) is 0 Å². The van der Waals surface area contributed by atoms with Crippen molar-refractivity contribution in [1.29, 1.82) is 0 Å². The van der Waals surface area contributed by atoms with E-state index in [1.807, 2.05) is 0 Å². The van der Waals surface area contributed by atoms with E-state index in [1.54, 1.807) is 12.8 Å². The highest BCUT2D eigenvalue weighted by Gasteiger charge is 3.03. The molecule has 0 aromatic heterocycles. The summed E-state index contributed by atoms with van der Waals surface area (Å²) in [5, 5.41) is 0. The Balaban J connectivity index is 1.65. The van der Waals surface area contributed by atoms with E-state index in [1.165, 1.54) is 0 Å². The molecule has 0 aromatic rings. The molecule has 0 radical (unpaired) electrons. The Kier molecular flexibility index (Phi) is 1.52. The Bertz CT molecular complexity index is 599. The molecule has 0 N–H and O–H groups in total. The minimum absolute atomic E-state index is 0.623. The zero-order valence-electron chi connectivity index (χ0n) is 15.0. The summed E-state index contributed by atoms with van der Waals surface area (Å²) >= 11 is 0. The molecule has 0 amide bonds. The smallest absolute Gasteiger partial charge is 0.0150 e. The van der Waals surface area contributed by atoms with Crippen LogP contribution in [0, 0.1) is 68.5 Å². The second kappa shape index (κ2) is 2.57. The van der Waals surface area contributed by atoms with Crippen molar-refractivity contribution < 1.29 is 0 Å². The Morgan fingerprint density at radius 1 is 1.00 bits per heavy atom. The molecule has 2 spiro atoms. The first kappa shape index (κ1) is 12.4. The van der Waals surface area contributed by atoms with Crippen molar-refractivity contribution in [3.05, 3.63) is 0 Å². The maximum absolute atomic E-state index is 2.74. The second-order valence-electron chi connectivity index (χ2n) is 11.3. The van der Waals surface area contributed by atoms with Crippen molar-refractivity contribution in [3.8, 4) is 0 Å². The maximum Gasteiger partial charge on any atom is -0.0150 e. The van der Waals surface area contributed by atoms with E-state index in [0.29, 0.717) is 16.2 Å². The van der Waals surface area contributed by atoms with Crippen LogP contribution in [0.1, 0.15) is 61.3 Å². The minimum Gasteiger partial charge on any atom is -0.0625 e. The predicted octanol–water partition coefficient (Wildman–Crippen LogP) is 5.23. The van der Waals surface area contributed by atoms with Gasteiger partial charge < -0.3 is 0 Å². The summed E-state index contributed by atoms with van der Waals surface area (Å²) in [6.45, 7) is 18.6. The van der Waals surface area contributed by atoms with Crippen LogP contribution in [-0.2, 0) is 0 Å². The van der Waals surface area contributed by atoms with Gasteiger partial charge in [0.1, 0.15) is 0 Å². The first-order chi connectivity index (χ1) is 9.66. The second-order valence-corrected chi connectivity index (χ2v) is 11.3. The molecular weight excluding hydrogens is 252 g/mol. The standard InChI is InChI=1S/C21H32/c1-10(2)14-13-11(3)18(6)12(4)20-8-17(5,19(18,20)7)16-15(13)21(14,16)9-20/h10-16H,8-9H2,1-7H3. The van der Waals surface area contributed by atoms with Crippen molar-refractivity contribution in [2.75, 3.05) is 0 Å². The summed E-state index contributed by atoms with van der Waals surface area (Å²) in [6.07, 6.45) is 3.21. The van der Waals surface area contributed by atoms with E-state index in [2.05, 4.69) is 48.5 Å². The molecule has 0 heteroatoms. The lowest BCUT2D eigenvalue weighted by atomic mass is 9.11. The highest BCUT2D eigenvalue weighted by atomic mass is 15.1. The quantitative estimate of drug-likeness (QED) is 0.618. The van der Waals surface area contributed by atoms with E-state index in [9.17, 15) is 0 Å². The summed E-state index contributed by atoms with van der Waals surface area (Å²) < 4.78 is 0. The normalized spacial score (nSPS) is 81.1. The fourth-order valence-electron chi connectivity index (χ4n) is 11.7. The minimum atomic E-state index is 0.623. The lowest BCUT2D eigenvalue weighted by molar-refractivity contribution is -0.458. The number of rotatable bonds is 1. The Morgan fingerprint density at radius 2 is 1.67 bits per heavy atom. The molecule has 7 aliphatic rings. The number of hydrogen-bond donors (Lipinski definition) is 0. The topological polar surface area (TPSA) is 0 Å². The molecule has 21 heavy (non-hydrogen) atoms. The van der Waals surface area contributed by atoms with Crippen LogP contribution in [0.15, 0.2) is 0 Å². The van der Waals surface area contributed by atoms with Crippen LogP contribution >= 0.6 is 0 Å². The van der Waals surface area contributed by atoms with Crippen LogP contribution in [0.3, 0.4) is 0 Å². The summed E-state index contributed by atoms with van der Waals surface area (Å²) in [5.74, 6) is 7.25.